The molecule has 0 spiro atoms. The molecule has 20 heavy (non-hydrogen) atoms. The molecule has 0 saturated heterocycles. The van der Waals surface area contributed by atoms with E-state index in [9.17, 15) is 14.9 Å². The summed E-state index contributed by atoms with van der Waals surface area (Å²) >= 11 is 5.99. The van der Waals surface area contributed by atoms with Crippen molar-refractivity contribution in [3.05, 3.63) is 56.6 Å². The van der Waals surface area contributed by atoms with Crippen molar-refractivity contribution in [2.45, 2.75) is 13.5 Å². The van der Waals surface area contributed by atoms with Gasteiger partial charge >= 0.3 is 5.97 Å². The maximum Gasteiger partial charge on any atom is 0.354 e. The van der Waals surface area contributed by atoms with E-state index < -0.39 is 10.9 Å². The number of carbonyl (C=O) groups is 1. The van der Waals surface area contributed by atoms with Crippen LogP contribution in [0, 0.1) is 17.0 Å². The zero-order valence-electron chi connectivity index (χ0n) is 10.4. The molecule has 0 amide bonds. The van der Waals surface area contributed by atoms with Crippen LogP contribution in [0.15, 0.2) is 24.4 Å². The second-order valence-electron chi connectivity index (χ2n) is 4.08. The third-order valence-corrected chi connectivity index (χ3v) is 3.24. The molecule has 0 unspecified atom stereocenters. The van der Waals surface area contributed by atoms with Gasteiger partial charge in [-0.05, 0) is 13.0 Å². The molecule has 0 saturated carbocycles. The van der Waals surface area contributed by atoms with Crippen molar-refractivity contribution >= 4 is 23.3 Å². The van der Waals surface area contributed by atoms with Crippen LogP contribution in [0.3, 0.4) is 0 Å². The Balaban J connectivity index is 2.53. The molecule has 2 rings (SSSR count). The highest BCUT2D eigenvalue weighted by Gasteiger charge is 2.20. The summed E-state index contributed by atoms with van der Waals surface area (Å²) in [6.07, 6.45) is 1.21. The lowest BCUT2D eigenvalue weighted by atomic mass is 10.1. The Labute approximate surface area is 118 Å². The molecule has 8 heteroatoms. The first-order valence-corrected chi connectivity index (χ1v) is 5.96. The topological polar surface area (TPSA) is 98.3 Å². The molecule has 0 atom stereocenters. The van der Waals surface area contributed by atoms with E-state index in [2.05, 4.69) is 4.98 Å². The number of carboxylic acid groups (broad SMARTS) is 1. The number of hydrogen-bond donors (Lipinski definition) is 1. The monoisotopic (exact) mass is 295 g/mol. The number of halogens is 1. The van der Waals surface area contributed by atoms with Gasteiger partial charge in [0.15, 0.2) is 0 Å². The van der Waals surface area contributed by atoms with Crippen molar-refractivity contribution in [2.75, 3.05) is 0 Å². The van der Waals surface area contributed by atoms with E-state index in [1.807, 2.05) is 0 Å². The second kappa shape index (κ2) is 5.30. The molecule has 0 aliphatic rings. The molecule has 0 aliphatic carbocycles. The van der Waals surface area contributed by atoms with Crippen LogP contribution < -0.4 is 0 Å². The van der Waals surface area contributed by atoms with E-state index in [1.54, 1.807) is 6.92 Å². The summed E-state index contributed by atoms with van der Waals surface area (Å²) in [6.45, 7) is 1.60. The SMILES string of the molecule is Cc1ncc(C(=O)O)n1Cc1c(Cl)cccc1[N+](=O)[O-]. The van der Waals surface area contributed by atoms with Gasteiger partial charge in [0.25, 0.3) is 5.69 Å². The van der Waals surface area contributed by atoms with Crippen LogP contribution in [0.25, 0.3) is 0 Å². The standard InChI is InChI=1S/C12H10ClN3O4/c1-7-14-5-11(12(17)18)15(7)6-8-9(13)3-2-4-10(8)16(19)20/h2-5H,6H2,1H3,(H,17,18). The molecule has 1 aromatic carbocycles. The summed E-state index contributed by atoms with van der Waals surface area (Å²) in [4.78, 5) is 25.5. The number of carboxylic acids is 1. The molecule has 0 aliphatic heterocycles. The van der Waals surface area contributed by atoms with Crippen molar-refractivity contribution in [2.24, 2.45) is 0 Å². The van der Waals surface area contributed by atoms with E-state index in [0.29, 0.717) is 5.82 Å². The van der Waals surface area contributed by atoms with Gasteiger partial charge in [0, 0.05) is 6.07 Å². The van der Waals surface area contributed by atoms with Crippen molar-refractivity contribution in [3.8, 4) is 0 Å². The van der Waals surface area contributed by atoms with Gasteiger partial charge in [0.05, 0.1) is 28.3 Å². The number of hydrogen-bond acceptors (Lipinski definition) is 4. The minimum atomic E-state index is -1.15. The summed E-state index contributed by atoms with van der Waals surface area (Å²) < 4.78 is 1.37. The number of rotatable bonds is 4. The van der Waals surface area contributed by atoms with Crippen molar-refractivity contribution in [1.29, 1.82) is 0 Å². The Morgan fingerprint density at radius 1 is 1.55 bits per heavy atom. The first kappa shape index (κ1) is 14.0. The molecular weight excluding hydrogens is 286 g/mol. The molecule has 0 fully saturated rings. The van der Waals surface area contributed by atoms with Gasteiger partial charge in [0.2, 0.25) is 0 Å². The van der Waals surface area contributed by atoms with Crippen molar-refractivity contribution in [3.63, 3.8) is 0 Å². The highest BCUT2D eigenvalue weighted by Crippen LogP contribution is 2.27. The van der Waals surface area contributed by atoms with Crippen LogP contribution in [-0.2, 0) is 6.54 Å². The van der Waals surface area contributed by atoms with E-state index in [1.165, 1.54) is 29.0 Å². The van der Waals surface area contributed by atoms with Gasteiger partial charge in [-0.25, -0.2) is 9.78 Å². The normalized spacial score (nSPS) is 10.5. The van der Waals surface area contributed by atoms with Gasteiger partial charge in [-0.15, -0.1) is 0 Å². The molecule has 1 N–H and O–H groups in total. The number of nitro groups is 1. The molecule has 7 nitrogen and oxygen atoms in total. The Kier molecular flexibility index (Phi) is 3.71. The first-order valence-electron chi connectivity index (χ1n) is 5.59. The van der Waals surface area contributed by atoms with Gasteiger partial charge in [-0.1, -0.05) is 17.7 Å². The van der Waals surface area contributed by atoms with E-state index >= 15 is 0 Å². The zero-order chi connectivity index (χ0) is 14.9. The lowest BCUT2D eigenvalue weighted by Gasteiger charge is -2.10. The molecular formula is C12H10ClN3O4. The van der Waals surface area contributed by atoms with Crippen LogP contribution >= 0.6 is 11.6 Å². The van der Waals surface area contributed by atoms with Gasteiger partial charge in [0.1, 0.15) is 11.5 Å². The van der Waals surface area contributed by atoms with E-state index in [-0.39, 0.29) is 28.5 Å². The Morgan fingerprint density at radius 2 is 2.25 bits per heavy atom. The number of aryl methyl sites for hydroxylation is 1. The summed E-state index contributed by atoms with van der Waals surface area (Å²) in [6, 6.07) is 4.33. The van der Waals surface area contributed by atoms with Crippen LogP contribution in [0.5, 0.6) is 0 Å². The van der Waals surface area contributed by atoms with Crippen LogP contribution in [0.4, 0.5) is 5.69 Å². The summed E-state index contributed by atoms with van der Waals surface area (Å²) in [5, 5.41) is 20.3. The summed E-state index contributed by atoms with van der Waals surface area (Å²) in [7, 11) is 0. The lowest BCUT2D eigenvalue weighted by Crippen LogP contribution is -2.12. The number of benzene rings is 1. The predicted molar refractivity (Wildman–Crippen MR) is 71.1 cm³/mol. The quantitative estimate of drug-likeness (QED) is 0.690. The third-order valence-electron chi connectivity index (χ3n) is 2.88. The predicted octanol–water partition coefficient (Wildman–Crippen LogP) is 2.50. The molecule has 2 aromatic rings. The highest BCUT2D eigenvalue weighted by atomic mass is 35.5. The smallest absolute Gasteiger partial charge is 0.354 e. The summed E-state index contributed by atoms with van der Waals surface area (Å²) in [5.41, 5.74) is 0.0569. The van der Waals surface area contributed by atoms with Crippen LogP contribution in [-0.4, -0.2) is 25.6 Å². The minimum Gasteiger partial charge on any atom is -0.477 e. The van der Waals surface area contributed by atoms with Crippen LogP contribution in [0.1, 0.15) is 21.9 Å². The van der Waals surface area contributed by atoms with Gasteiger partial charge in [-0.2, -0.15) is 0 Å². The fourth-order valence-electron chi connectivity index (χ4n) is 1.87. The second-order valence-corrected chi connectivity index (χ2v) is 4.48. The largest absolute Gasteiger partial charge is 0.477 e. The molecule has 1 aromatic heterocycles. The third kappa shape index (κ3) is 2.48. The molecule has 104 valence electrons. The minimum absolute atomic E-state index is 0.0244. The number of aromatic nitrogens is 2. The van der Waals surface area contributed by atoms with Crippen molar-refractivity contribution in [1.82, 2.24) is 9.55 Å². The average Bonchev–Trinajstić information content (AvgIpc) is 2.73. The van der Waals surface area contributed by atoms with E-state index in [0.717, 1.165) is 0 Å². The van der Waals surface area contributed by atoms with E-state index in [4.69, 9.17) is 16.7 Å². The fraction of sp³-hybridized carbons (Fsp3) is 0.167. The maximum absolute atomic E-state index is 11.1. The van der Waals surface area contributed by atoms with Crippen molar-refractivity contribution < 1.29 is 14.8 Å². The number of imidazole rings is 1. The number of nitrogens with zero attached hydrogens (tertiary/aromatic N) is 3. The highest BCUT2D eigenvalue weighted by molar-refractivity contribution is 6.31. The number of aromatic carboxylic acids is 1. The summed E-state index contributed by atoms with van der Waals surface area (Å²) in [5.74, 6) is -0.711. The van der Waals surface area contributed by atoms with Gasteiger partial charge in [-0.3, -0.25) is 10.1 Å². The molecule has 0 radical (unpaired) electrons. The fourth-order valence-corrected chi connectivity index (χ4v) is 2.10. The average molecular weight is 296 g/mol. The Bertz CT molecular complexity index is 696. The van der Waals surface area contributed by atoms with Gasteiger partial charge < -0.3 is 9.67 Å². The Morgan fingerprint density at radius 3 is 2.85 bits per heavy atom. The lowest BCUT2D eigenvalue weighted by molar-refractivity contribution is -0.385. The zero-order valence-corrected chi connectivity index (χ0v) is 11.2. The van der Waals surface area contributed by atoms with Crippen LogP contribution in [0.2, 0.25) is 5.02 Å². The maximum atomic E-state index is 11.1. The number of nitro benzene ring substituents is 1. The Hall–Kier alpha value is -2.41. The molecule has 1 heterocycles. The first-order chi connectivity index (χ1) is 9.41. The molecule has 0 bridgehead atoms.